The van der Waals surface area contributed by atoms with Gasteiger partial charge in [-0.05, 0) is 40.7 Å². The second-order valence-electron chi connectivity index (χ2n) is 2.15. The van der Waals surface area contributed by atoms with Gasteiger partial charge in [0.1, 0.15) is 0 Å². The molecule has 0 saturated heterocycles. The van der Waals surface area contributed by atoms with Crippen LogP contribution < -0.4 is 5.32 Å². The first-order valence-corrected chi connectivity index (χ1v) is 3.84. The SMILES string of the molecule is COC1(Br)NC=CC=C1C. The molecule has 10 heavy (non-hydrogen) atoms. The Balaban J connectivity index is 2.81. The summed E-state index contributed by atoms with van der Waals surface area (Å²) in [7, 11) is 1.65. The Morgan fingerprint density at radius 3 is 2.80 bits per heavy atom. The molecular weight excluding hydrogens is 194 g/mol. The van der Waals surface area contributed by atoms with Crippen molar-refractivity contribution in [2.45, 2.75) is 11.6 Å². The molecule has 1 atom stereocenters. The highest BCUT2D eigenvalue weighted by Gasteiger charge is 2.27. The Hall–Kier alpha value is -0.280. The summed E-state index contributed by atoms with van der Waals surface area (Å²) in [6.45, 7) is 1.99. The number of methoxy groups -OCH3 is 1. The first kappa shape index (κ1) is 7.82. The first-order chi connectivity index (χ1) is 4.69. The number of rotatable bonds is 1. The smallest absolute Gasteiger partial charge is 0.217 e. The number of halogens is 1. The van der Waals surface area contributed by atoms with Crippen LogP contribution in [0.2, 0.25) is 0 Å². The summed E-state index contributed by atoms with van der Waals surface area (Å²) in [6.07, 6.45) is 5.77. The second-order valence-corrected chi connectivity index (χ2v) is 3.27. The molecule has 0 aromatic heterocycles. The molecule has 1 rings (SSSR count). The molecule has 3 heteroatoms. The van der Waals surface area contributed by atoms with E-state index in [0.717, 1.165) is 5.57 Å². The summed E-state index contributed by atoms with van der Waals surface area (Å²) in [4.78, 5) is 0. The van der Waals surface area contributed by atoms with Crippen LogP contribution in [-0.2, 0) is 4.74 Å². The van der Waals surface area contributed by atoms with Crippen LogP contribution in [0.1, 0.15) is 6.92 Å². The maximum atomic E-state index is 5.18. The molecular formula is C7H10BrNO. The van der Waals surface area contributed by atoms with Crippen molar-refractivity contribution in [1.29, 1.82) is 0 Å². The molecule has 2 nitrogen and oxygen atoms in total. The van der Waals surface area contributed by atoms with E-state index in [9.17, 15) is 0 Å². The summed E-state index contributed by atoms with van der Waals surface area (Å²) in [6, 6.07) is 0. The summed E-state index contributed by atoms with van der Waals surface area (Å²) >= 11 is 3.41. The molecule has 1 aliphatic rings. The minimum atomic E-state index is -0.484. The molecule has 1 N–H and O–H groups in total. The summed E-state index contributed by atoms with van der Waals surface area (Å²) in [5.41, 5.74) is 1.11. The van der Waals surface area contributed by atoms with Gasteiger partial charge in [-0.2, -0.15) is 0 Å². The number of hydrogen-bond acceptors (Lipinski definition) is 2. The van der Waals surface area contributed by atoms with Gasteiger partial charge < -0.3 is 10.1 Å². The van der Waals surface area contributed by atoms with Gasteiger partial charge in [0.25, 0.3) is 0 Å². The van der Waals surface area contributed by atoms with Gasteiger partial charge in [0.2, 0.25) is 4.63 Å². The molecule has 56 valence electrons. The third kappa shape index (κ3) is 1.25. The van der Waals surface area contributed by atoms with E-state index >= 15 is 0 Å². The average molecular weight is 204 g/mol. The van der Waals surface area contributed by atoms with Crippen LogP contribution in [0, 0.1) is 0 Å². The van der Waals surface area contributed by atoms with Gasteiger partial charge >= 0.3 is 0 Å². The molecule has 0 aliphatic carbocycles. The predicted molar refractivity (Wildman–Crippen MR) is 44.7 cm³/mol. The van der Waals surface area contributed by atoms with E-state index in [1.807, 2.05) is 25.3 Å². The van der Waals surface area contributed by atoms with Crippen molar-refractivity contribution < 1.29 is 4.74 Å². The summed E-state index contributed by atoms with van der Waals surface area (Å²) in [5, 5.41) is 3.04. The second kappa shape index (κ2) is 2.76. The van der Waals surface area contributed by atoms with Crippen molar-refractivity contribution in [2.24, 2.45) is 0 Å². The minimum absolute atomic E-state index is 0.484. The first-order valence-electron chi connectivity index (χ1n) is 3.05. The Morgan fingerprint density at radius 2 is 2.40 bits per heavy atom. The fourth-order valence-electron chi connectivity index (χ4n) is 0.789. The fraction of sp³-hybridized carbons (Fsp3) is 0.429. The zero-order valence-corrected chi connectivity index (χ0v) is 7.60. The van der Waals surface area contributed by atoms with Gasteiger partial charge in [-0.1, -0.05) is 6.08 Å². The van der Waals surface area contributed by atoms with E-state index in [-0.39, 0.29) is 0 Å². The van der Waals surface area contributed by atoms with Crippen LogP contribution in [-0.4, -0.2) is 11.7 Å². The highest BCUT2D eigenvalue weighted by molar-refractivity contribution is 9.10. The molecule has 0 aromatic carbocycles. The number of nitrogens with one attached hydrogen (secondary N) is 1. The monoisotopic (exact) mass is 203 g/mol. The highest BCUT2D eigenvalue weighted by atomic mass is 79.9. The van der Waals surface area contributed by atoms with Crippen LogP contribution in [0.15, 0.2) is 23.9 Å². The lowest BCUT2D eigenvalue weighted by molar-refractivity contribution is 0.0895. The van der Waals surface area contributed by atoms with E-state index < -0.39 is 4.63 Å². The van der Waals surface area contributed by atoms with Crippen molar-refractivity contribution in [3.63, 3.8) is 0 Å². The number of allylic oxidation sites excluding steroid dienone is 2. The maximum Gasteiger partial charge on any atom is 0.217 e. The molecule has 0 spiro atoms. The van der Waals surface area contributed by atoms with Crippen LogP contribution in [0.3, 0.4) is 0 Å². The number of dihydropyridines is 1. The zero-order chi connectivity index (χ0) is 7.61. The van der Waals surface area contributed by atoms with E-state index in [1.54, 1.807) is 7.11 Å². The van der Waals surface area contributed by atoms with E-state index in [4.69, 9.17) is 4.74 Å². The number of ether oxygens (including phenoxy) is 1. The van der Waals surface area contributed by atoms with Crippen LogP contribution in [0.25, 0.3) is 0 Å². The molecule has 1 heterocycles. The van der Waals surface area contributed by atoms with Crippen molar-refractivity contribution in [1.82, 2.24) is 5.32 Å². The molecule has 0 radical (unpaired) electrons. The fourth-order valence-corrected chi connectivity index (χ4v) is 1.05. The Bertz CT molecular complexity index is 188. The van der Waals surface area contributed by atoms with Crippen LogP contribution in [0.5, 0.6) is 0 Å². The standard InChI is InChI=1S/C7H10BrNO/c1-6-4-3-5-9-7(6,8)10-2/h3-5,9H,1-2H3. The van der Waals surface area contributed by atoms with Gasteiger partial charge in [0, 0.05) is 7.11 Å². The Morgan fingerprint density at radius 1 is 1.70 bits per heavy atom. The molecule has 0 fully saturated rings. The number of alkyl halides is 1. The third-order valence-electron chi connectivity index (χ3n) is 1.50. The highest BCUT2D eigenvalue weighted by Crippen LogP contribution is 2.26. The van der Waals surface area contributed by atoms with Crippen molar-refractivity contribution in [3.8, 4) is 0 Å². The molecule has 0 aromatic rings. The zero-order valence-electron chi connectivity index (χ0n) is 6.02. The molecule has 0 amide bonds. The molecule has 1 aliphatic heterocycles. The third-order valence-corrected chi connectivity index (χ3v) is 2.68. The van der Waals surface area contributed by atoms with Gasteiger partial charge in [-0.25, -0.2) is 0 Å². The average Bonchev–Trinajstić information content (AvgIpc) is 1.96. The van der Waals surface area contributed by atoms with E-state index in [2.05, 4.69) is 21.2 Å². The van der Waals surface area contributed by atoms with Crippen molar-refractivity contribution >= 4 is 15.9 Å². The lowest BCUT2D eigenvalue weighted by Gasteiger charge is -2.29. The molecule has 0 bridgehead atoms. The molecule has 0 saturated carbocycles. The van der Waals surface area contributed by atoms with Gasteiger partial charge in [0.05, 0.1) is 0 Å². The topological polar surface area (TPSA) is 21.3 Å². The quantitative estimate of drug-likeness (QED) is 0.518. The summed E-state index contributed by atoms with van der Waals surface area (Å²) in [5.74, 6) is 0. The summed E-state index contributed by atoms with van der Waals surface area (Å²) < 4.78 is 4.69. The van der Waals surface area contributed by atoms with Gasteiger partial charge in [-0.3, -0.25) is 0 Å². The van der Waals surface area contributed by atoms with Crippen LogP contribution >= 0.6 is 15.9 Å². The predicted octanol–water partition coefficient (Wildman–Crippen LogP) is 1.74. The van der Waals surface area contributed by atoms with Crippen LogP contribution in [0.4, 0.5) is 0 Å². The largest absolute Gasteiger partial charge is 0.351 e. The van der Waals surface area contributed by atoms with Gasteiger partial charge in [0.15, 0.2) is 0 Å². The Labute approximate surface area is 69.1 Å². The normalized spacial score (nSPS) is 31.3. The van der Waals surface area contributed by atoms with Crippen molar-refractivity contribution in [3.05, 3.63) is 23.9 Å². The van der Waals surface area contributed by atoms with Gasteiger partial charge in [-0.15, -0.1) is 0 Å². The lowest BCUT2D eigenvalue weighted by atomic mass is 10.2. The lowest BCUT2D eigenvalue weighted by Crippen LogP contribution is -2.40. The minimum Gasteiger partial charge on any atom is -0.351 e. The Kier molecular flexibility index (Phi) is 2.16. The van der Waals surface area contributed by atoms with E-state index in [1.165, 1.54) is 0 Å². The maximum absolute atomic E-state index is 5.18. The molecule has 1 unspecified atom stereocenters. The van der Waals surface area contributed by atoms with E-state index in [0.29, 0.717) is 0 Å². The number of hydrogen-bond donors (Lipinski definition) is 1. The van der Waals surface area contributed by atoms with Crippen molar-refractivity contribution in [2.75, 3.05) is 7.11 Å².